The van der Waals surface area contributed by atoms with Gasteiger partial charge >= 0.3 is 0 Å². The van der Waals surface area contributed by atoms with E-state index in [9.17, 15) is 4.79 Å². The Bertz CT molecular complexity index is 765. The van der Waals surface area contributed by atoms with Gasteiger partial charge in [0.1, 0.15) is 5.75 Å². The summed E-state index contributed by atoms with van der Waals surface area (Å²) in [6.45, 7) is 2.46. The Hall–Kier alpha value is -2.25. The van der Waals surface area contributed by atoms with Crippen molar-refractivity contribution in [1.82, 2.24) is 15.1 Å². The fourth-order valence-corrected chi connectivity index (χ4v) is 3.06. The van der Waals surface area contributed by atoms with Gasteiger partial charge in [-0.15, -0.1) is 10.2 Å². The number of hydrogen-bond donors (Lipinski definition) is 0. The van der Waals surface area contributed by atoms with Crippen LogP contribution in [-0.4, -0.2) is 60.9 Å². The molecule has 2 aromatic rings. The lowest BCUT2D eigenvalue weighted by atomic mass is 10.3. The lowest BCUT2D eigenvalue weighted by Gasteiger charge is -2.35. The topological polar surface area (TPSA) is 67.8 Å². The first kappa shape index (κ1) is 18.5. The van der Waals surface area contributed by atoms with Crippen molar-refractivity contribution in [3.8, 4) is 11.6 Å². The largest absolute Gasteiger partial charge is 0.482 e. The molecule has 0 bridgehead atoms. The molecule has 1 aliphatic heterocycles. The number of hydrogen-bond acceptors (Lipinski definition) is 6. The number of benzene rings is 1. The fraction of sp³-hybridized carbons (Fsp3) is 0.353. The van der Waals surface area contributed by atoms with Crippen molar-refractivity contribution < 1.29 is 14.3 Å². The molecule has 0 radical (unpaired) electrons. The normalized spacial score (nSPS) is 14.3. The number of nitrogens with zero attached hydrogens (tertiary/aromatic N) is 4. The molecule has 138 valence electrons. The lowest BCUT2D eigenvalue weighted by Crippen LogP contribution is -2.50. The monoisotopic (exact) mass is 396 g/mol. The summed E-state index contributed by atoms with van der Waals surface area (Å²) in [5.41, 5.74) is 0. The third kappa shape index (κ3) is 4.47. The molecule has 7 nitrogen and oxygen atoms in total. The van der Waals surface area contributed by atoms with Crippen molar-refractivity contribution in [2.75, 3.05) is 44.8 Å². The molecule has 0 atom stereocenters. The average Bonchev–Trinajstić information content (AvgIpc) is 2.67. The highest BCUT2D eigenvalue weighted by Gasteiger charge is 2.22. The Labute approximate surface area is 161 Å². The summed E-state index contributed by atoms with van der Waals surface area (Å²) in [6.07, 6.45) is 0. The zero-order valence-corrected chi connectivity index (χ0v) is 15.7. The van der Waals surface area contributed by atoms with Gasteiger partial charge in [0.2, 0.25) is 5.88 Å². The number of halogens is 2. The highest BCUT2D eigenvalue weighted by molar-refractivity contribution is 6.35. The van der Waals surface area contributed by atoms with Gasteiger partial charge in [-0.1, -0.05) is 23.2 Å². The van der Waals surface area contributed by atoms with Crippen LogP contribution in [0.3, 0.4) is 0 Å². The molecule has 3 rings (SSSR count). The molecule has 9 heteroatoms. The van der Waals surface area contributed by atoms with Crippen molar-refractivity contribution in [2.45, 2.75) is 0 Å². The third-order valence-corrected chi connectivity index (χ3v) is 4.57. The van der Waals surface area contributed by atoms with E-state index >= 15 is 0 Å². The molecular formula is C17H18Cl2N4O3. The molecule has 1 fully saturated rings. The lowest BCUT2D eigenvalue weighted by molar-refractivity contribution is -0.133. The molecular weight excluding hydrogens is 379 g/mol. The van der Waals surface area contributed by atoms with E-state index in [0.29, 0.717) is 47.9 Å². The number of rotatable bonds is 5. The van der Waals surface area contributed by atoms with Gasteiger partial charge < -0.3 is 19.3 Å². The second kappa shape index (κ2) is 8.42. The second-order valence-corrected chi connectivity index (χ2v) is 6.51. The molecule has 0 N–H and O–H groups in total. The number of methoxy groups -OCH3 is 1. The average molecular weight is 397 g/mol. The summed E-state index contributed by atoms with van der Waals surface area (Å²) < 4.78 is 10.5. The van der Waals surface area contributed by atoms with E-state index in [2.05, 4.69) is 15.1 Å². The van der Waals surface area contributed by atoms with Gasteiger partial charge in [-0.3, -0.25) is 4.79 Å². The van der Waals surface area contributed by atoms with Crippen LogP contribution in [0.5, 0.6) is 11.6 Å². The molecule has 26 heavy (non-hydrogen) atoms. The maximum Gasteiger partial charge on any atom is 0.260 e. The van der Waals surface area contributed by atoms with Crippen LogP contribution < -0.4 is 14.4 Å². The minimum atomic E-state index is -0.0866. The van der Waals surface area contributed by atoms with Gasteiger partial charge in [0, 0.05) is 37.3 Å². The van der Waals surface area contributed by atoms with E-state index in [-0.39, 0.29) is 12.5 Å². The predicted octanol–water partition coefficient (Wildman–Crippen LogP) is 2.52. The number of aromatic nitrogens is 2. The molecule has 1 aromatic heterocycles. The summed E-state index contributed by atoms with van der Waals surface area (Å²) in [4.78, 5) is 16.2. The molecule has 0 aliphatic carbocycles. The SMILES string of the molecule is COc1ccc(N2CCN(C(=O)COc3ccc(Cl)cc3Cl)CC2)nn1. The standard InChI is InChI=1S/C17H18Cl2N4O3/c1-25-16-5-4-15(20-21-16)22-6-8-23(9-7-22)17(24)11-26-14-3-2-12(18)10-13(14)19/h2-5,10H,6-9,11H2,1H3. The number of anilines is 1. The van der Waals surface area contributed by atoms with Gasteiger partial charge in [0.25, 0.3) is 5.91 Å². The molecule has 0 saturated carbocycles. The third-order valence-electron chi connectivity index (χ3n) is 4.04. The van der Waals surface area contributed by atoms with Gasteiger partial charge in [-0.25, -0.2) is 0 Å². The zero-order valence-electron chi connectivity index (χ0n) is 14.2. The Morgan fingerprint density at radius 2 is 1.88 bits per heavy atom. The van der Waals surface area contributed by atoms with Gasteiger partial charge in [0.05, 0.1) is 12.1 Å². The molecule has 2 heterocycles. The van der Waals surface area contributed by atoms with Crippen LogP contribution in [0.4, 0.5) is 5.82 Å². The first-order chi connectivity index (χ1) is 12.6. The highest BCUT2D eigenvalue weighted by Crippen LogP contribution is 2.27. The van der Waals surface area contributed by atoms with Gasteiger partial charge in [-0.05, 0) is 24.3 Å². The first-order valence-electron chi connectivity index (χ1n) is 8.05. The quantitative estimate of drug-likeness (QED) is 0.773. The summed E-state index contributed by atoms with van der Waals surface area (Å²) in [5.74, 6) is 1.59. The highest BCUT2D eigenvalue weighted by atomic mass is 35.5. The number of carbonyl (C=O) groups is 1. The molecule has 1 saturated heterocycles. The maximum atomic E-state index is 12.3. The van der Waals surface area contributed by atoms with Crippen molar-refractivity contribution >= 4 is 34.9 Å². The second-order valence-electron chi connectivity index (χ2n) is 5.67. The summed E-state index contributed by atoms with van der Waals surface area (Å²) >= 11 is 11.9. The minimum Gasteiger partial charge on any atom is -0.482 e. The van der Waals surface area contributed by atoms with E-state index in [1.807, 2.05) is 6.07 Å². The van der Waals surface area contributed by atoms with Crippen LogP contribution in [0.1, 0.15) is 0 Å². The predicted molar refractivity (Wildman–Crippen MR) is 99.3 cm³/mol. The van der Waals surface area contributed by atoms with E-state index in [0.717, 1.165) is 5.82 Å². The van der Waals surface area contributed by atoms with E-state index in [1.54, 1.807) is 36.3 Å². The number of carbonyl (C=O) groups excluding carboxylic acids is 1. The molecule has 0 unspecified atom stereocenters. The van der Waals surface area contributed by atoms with Crippen molar-refractivity contribution in [3.05, 3.63) is 40.4 Å². The molecule has 1 amide bonds. The van der Waals surface area contributed by atoms with Crippen molar-refractivity contribution in [3.63, 3.8) is 0 Å². The summed E-state index contributed by atoms with van der Waals surface area (Å²) in [7, 11) is 1.55. The minimum absolute atomic E-state index is 0.0658. The van der Waals surface area contributed by atoms with Crippen LogP contribution in [-0.2, 0) is 4.79 Å². The van der Waals surface area contributed by atoms with E-state index in [4.69, 9.17) is 32.7 Å². The smallest absolute Gasteiger partial charge is 0.260 e. The molecule has 1 aromatic carbocycles. The molecule has 0 spiro atoms. The Morgan fingerprint density at radius 1 is 1.12 bits per heavy atom. The van der Waals surface area contributed by atoms with Crippen LogP contribution in [0.2, 0.25) is 10.0 Å². The fourth-order valence-electron chi connectivity index (χ4n) is 2.60. The zero-order chi connectivity index (χ0) is 18.5. The van der Waals surface area contributed by atoms with Crippen molar-refractivity contribution in [2.24, 2.45) is 0 Å². The van der Waals surface area contributed by atoms with Gasteiger partial charge in [0.15, 0.2) is 12.4 Å². The van der Waals surface area contributed by atoms with Crippen molar-refractivity contribution in [1.29, 1.82) is 0 Å². The van der Waals surface area contributed by atoms with Crippen LogP contribution in [0, 0.1) is 0 Å². The van der Waals surface area contributed by atoms with Crippen LogP contribution in [0.25, 0.3) is 0 Å². The van der Waals surface area contributed by atoms with Crippen LogP contribution in [0.15, 0.2) is 30.3 Å². The number of ether oxygens (including phenoxy) is 2. The summed E-state index contributed by atoms with van der Waals surface area (Å²) in [6, 6.07) is 8.52. The first-order valence-corrected chi connectivity index (χ1v) is 8.80. The summed E-state index contributed by atoms with van der Waals surface area (Å²) in [5, 5.41) is 9.00. The van der Waals surface area contributed by atoms with E-state index in [1.165, 1.54) is 0 Å². The van der Waals surface area contributed by atoms with E-state index < -0.39 is 0 Å². The molecule has 1 aliphatic rings. The van der Waals surface area contributed by atoms with Gasteiger partial charge in [-0.2, -0.15) is 0 Å². The van der Waals surface area contributed by atoms with Crippen LogP contribution >= 0.6 is 23.2 Å². The number of piperazine rings is 1. The maximum absolute atomic E-state index is 12.3. The Balaban J connectivity index is 1.50. The Kier molecular flexibility index (Phi) is 6.00. The Morgan fingerprint density at radius 3 is 2.50 bits per heavy atom. The number of amides is 1.